The summed E-state index contributed by atoms with van der Waals surface area (Å²) in [5.41, 5.74) is -0.167. The predicted molar refractivity (Wildman–Crippen MR) is 46.6 cm³/mol. The van der Waals surface area contributed by atoms with Gasteiger partial charge in [-0.1, -0.05) is 0 Å². The Bertz CT molecular complexity index is 383. The number of rotatable bonds is 3. The summed E-state index contributed by atoms with van der Waals surface area (Å²) in [6.07, 6.45) is 0. The van der Waals surface area contributed by atoms with E-state index in [1.54, 1.807) is 0 Å². The van der Waals surface area contributed by atoms with E-state index in [0.29, 0.717) is 0 Å². The maximum atomic E-state index is 11.1. The molecule has 0 atom stereocenters. The zero-order chi connectivity index (χ0) is 10.7. The SMILES string of the molecule is COc1ccc(O)cc1C(=O)C(=O)O. The number of benzene rings is 1. The van der Waals surface area contributed by atoms with Gasteiger partial charge >= 0.3 is 5.97 Å². The largest absolute Gasteiger partial charge is 0.508 e. The molecule has 0 bridgehead atoms. The minimum Gasteiger partial charge on any atom is -0.508 e. The van der Waals surface area contributed by atoms with Crippen LogP contribution in [-0.2, 0) is 4.79 Å². The first kappa shape index (κ1) is 10.0. The molecule has 0 aliphatic rings. The lowest BCUT2D eigenvalue weighted by atomic mass is 10.1. The molecule has 0 saturated heterocycles. The second-order valence-corrected chi connectivity index (χ2v) is 2.52. The normalized spacial score (nSPS) is 9.50. The molecule has 0 unspecified atom stereocenters. The van der Waals surface area contributed by atoms with Crippen LogP contribution in [0.2, 0.25) is 0 Å². The third kappa shape index (κ3) is 1.82. The number of methoxy groups -OCH3 is 1. The summed E-state index contributed by atoms with van der Waals surface area (Å²) in [6, 6.07) is 3.68. The van der Waals surface area contributed by atoms with Crippen LogP contribution >= 0.6 is 0 Å². The molecular weight excluding hydrogens is 188 g/mol. The van der Waals surface area contributed by atoms with Crippen molar-refractivity contribution >= 4 is 11.8 Å². The standard InChI is InChI=1S/C9H8O5/c1-14-7-3-2-5(10)4-6(7)8(11)9(12)13/h2-4,10H,1H3,(H,12,13). The van der Waals surface area contributed by atoms with Crippen molar-refractivity contribution in [3.05, 3.63) is 23.8 Å². The lowest BCUT2D eigenvalue weighted by Gasteiger charge is -2.05. The van der Waals surface area contributed by atoms with Crippen molar-refractivity contribution in [2.24, 2.45) is 0 Å². The molecule has 0 spiro atoms. The van der Waals surface area contributed by atoms with Gasteiger partial charge in [-0.25, -0.2) is 4.79 Å². The summed E-state index contributed by atoms with van der Waals surface area (Å²) >= 11 is 0. The van der Waals surface area contributed by atoms with Gasteiger partial charge in [-0.3, -0.25) is 4.79 Å². The number of aromatic hydroxyl groups is 1. The Morgan fingerprint density at radius 2 is 2.00 bits per heavy atom. The van der Waals surface area contributed by atoms with Crippen LogP contribution in [-0.4, -0.2) is 29.1 Å². The van der Waals surface area contributed by atoms with Crippen molar-refractivity contribution in [3.63, 3.8) is 0 Å². The average molecular weight is 196 g/mol. The second-order valence-electron chi connectivity index (χ2n) is 2.52. The zero-order valence-electron chi connectivity index (χ0n) is 7.35. The number of carbonyl (C=O) groups is 2. The molecule has 1 rings (SSSR count). The Hall–Kier alpha value is -2.04. The number of ketones is 1. The van der Waals surface area contributed by atoms with Gasteiger partial charge in [0.2, 0.25) is 0 Å². The lowest BCUT2D eigenvalue weighted by molar-refractivity contribution is -0.131. The molecule has 0 aromatic heterocycles. The molecule has 0 aliphatic heterocycles. The van der Waals surface area contributed by atoms with Gasteiger partial charge in [0.25, 0.3) is 5.78 Å². The number of hydrogen-bond donors (Lipinski definition) is 2. The van der Waals surface area contributed by atoms with Gasteiger partial charge in [-0.05, 0) is 18.2 Å². The molecule has 14 heavy (non-hydrogen) atoms. The summed E-state index contributed by atoms with van der Waals surface area (Å²) in [5, 5.41) is 17.5. The fourth-order valence-electron chi connectivity index (χ4n) is 0.989. The average Bonchev–Trinajstić information content (AvgIpc) is 2.16. The van der Waals surface area contributed by atoms with Gasteiger partial charge in [-0.15, -0.1) is 0 Å². The Morgan fingerprint density at radius 1 is 1.36 bits per heavy atom. The Kier molecular flexibility index (Phi) is 2.71. The highest BCUT2D eigenvalue weighted by Crippen LogP contribution is 2.23. The van der Waals surface area contributed by atoms with E-state index in [4.69, 9.17) is 14.9 Å². The van der Waals surface area contributed by atoms with E-state index in [-0.39, 0.29) is 17.1 Å². The van der Waals surface area contributed by atoms with E-state index >= 15 is 0 Å². The van der Waals surface area contributed by atoms with Crippen molar-refractivity contribution in [2.45, 2.75) is 0 Å². The molecule has 5 heteroatoms. The Labute approximate surface area is 79.6 Å². The maximum absolute atomic E-state index is 11.1. The molecule has 0 amide bonds. The topological polar surface area (TPSA) is 83.8 Å². The first-order valence-electron chi connectivity index (χ1n) is 3.71. The van der Waals surface area contributed by atoms with Crippen molar-refractivity contribution < 1.29 is 24.5 Å². The smallest absolute Gasteiger partial charge is 0.377 e. The minimum absolute atomic E-state index is 0.121. The van der Waals surface area contributed by atoms with Crippen LogP contribution in [0.15, 0.2) is 18.2 Å². The van der Waals surface area contributed by atoms with Crippen LogP contribution in [0.3, 0.4) is 0 Å². The van der Waals surface area contributed by atoms with Crippen LogP contribution in [0, 0.1) is 0 Å². The van der Waals surface area contributed by atoms with Crippen LogP contribution in [0.1, 0.15) is 10.4 Å². The number of carbonyl (C=O) groups excluding carboxylic acids is 1. The highest BCUT2D eigenvalue weighted by molar-refractivity contribution is 6.40. The molecule has 5 nitrogen and oxygen atoms in total. The summed E-state index contributed by atoms with van der Waals surface area (Å²) < 4.78 is 4.78. The zero-order valence-corrected chi connectivity index (χ0v) is 7.35. The molecule has 0 heterocycles. The molecule has 0 saturated carbocycles. The Morgan fingerprint density at radius 3 is 2.50 bits per heavy atom. The van der Waals surface area contributed by atoms with Gasteiger partial charge in [0, 0.05) is 0 Å². The highest BCUT2D eigenvalue weighted by atomic mass is 16.5. The molecular formula is C9H8O5. The van der Waals surface area contributed by atoms with Crippen LogP contribution in [0.5, 0.6) is 11.5 Å². The predicted octanol–water partition coefficient (Wildman–Crippen LogP) is 0.668. The van der Waals surface area contributed by atoms with Gasteiger partial charge in [0.15, 0.2) is 0 Å². The van der Waals surface area contributed by atoms with Crippen LogP contribution in [0.4, 0.5) is 0 Å². The number of carboxylic acid groups (broad SMARTS) is 1. The van der Waals surface area contributed by atoms with Gasteiger partial charge in [0.1, 0.15) is 11.5 Å². The van der Waals surface area contributed by atoms with E-state index in [1.165, 1.54) is 19.2 Å². The maximum Gasteiger partial charge on any atom is 0.377 e. The van der Waals surface area contributed by atoms with Crippen LogP contribution in [0.25, 0.3) is 0 Å². The minimum atomic E-state index is -1.59. The molecule has 0 fully saturated rings. The first-order valence-corrected chi connectivity index (χ1v) is 3.71. The third-order valence-electron chi connectivity index (χ3n) is 1.62. The molecule has 2 N–H and O–H groups in total. The molecule has 1 aromatic carbocycles. The highest BCUT2D eigenvalue weighted by Gasteiger charge is 2.19. The van der Waals surface area contributed by atoms with E-state index in [1.807, 2.05) is 0 Å². The van der Waals surface area contributed by atoms with Crippen LogP contribution < -0.4 is 4.74 Å². The van der Waals surface area contributed by atoms with Crippen molar-refractivity contribution in [3.8, 4) is 11.5 Å². The van der Waals surface area contributed by atoms with Crippen molar-refractivity contribution in [2.75, 3.05) is 7.11 Å². The molecule has 0 aliphatic carbocycles. The number of Topliss-reactive ketones (excluding diaryl/α,β-unsaturated/α-hetero) is 1. The van der Waals surface area contributed by atoms with E-state index < -0.39 is 11.8 Å². The van der Waals surface area contributed by atoms with E-state index in [0.717, 1.165) is 6.07 Å². The fourth-order valence-corrected chi connectivity index (χ4v) is 0.989. The quantitative estimate of drug-likeness (QED) is 0.548. The third-order valence-corrected chi connectivity index (χ3v) is 1.62. The summed E-state index contributed by atoms with van der Waals surface area (Å²) in [7, 11) is 1.31. The van der Waals surface area contributed by atoms with E-state index in [9.17, 15) is 9.59 Å². The monoisotopic (exact) mass is 196 g/mol. The lowest BCUT2D eigenvalue weighted by Crippen LogP contribution is -2.13. The summed E-state index contributed by atoms with van der Waals surface area (Å²) in [4.78, 5) is 21.5. The summed E-state index contributed by atoms with van der Waals surface area (Å²) in [6.45, 7) is 0. The molecule has 0 radical (unpaired) electrons. The molecule has 1 aromatic rings. The van der Waals surface area contributed by atoms with Gasteiger partial charge in [0.05, 0.1) is 12.7 Å². The first-order chi connectivity index (χ1) is 6.56. The number of aliphatic carboxylic acids is 1. The molecule has 74 valence electrons. The van der Waals surface area contributed by atoms with Crippen molar-refractivity contribution in [1.82, 2.24) is 0 Å². The van der Waals surface area contributed by atoms with Gasteiger partial charge in [-0.2, -0.15) is 0 Å². The number of phenols is 1. The Balaban J connectivity index is 3.23. The van der Waals surface area contributed by atoms with E-state index in [2.05, 4.69) is 0 Å². The number of carboxylic acids is 1. The number of hydrogen-bond acceptors (Lipinski definition) is 4. The number of phenolic OH excluding ortho intramolecular Hbond substituents is 1. The van der Waals surface area contributed by atoms with Gasteiger partial charge < -0.3 is 14.9 Å². The fraction of sp³-hybridized carbons (Fsp3) is 0.111. The number of ether oxygens (including phenoxy) is 1. The summed E-state index contributed by atoms with van der Waals surface area (Å²) in [5.74, 6) is -2.77. The second kappa shape index (κ2) is 3.78. The van der Waals surface area contributed by atoms with Crippen molar-refractivity contribution in [1.29, 1.82) is 0 Å².